The minimum Gasteiger partial charge on any atom is -0.497 e. The Kier molecular flexibility index (Phi) is 8.07. The minimum atomic E-state index is -0.590. The molecule has 0 saturated carbocycles. The number of methoxy groups -OCH3 is 3. The Balaban J connectivity index is 2.15. The smallest absolute Gasteiger partial charge is 0.344 e. The number of carbonyl (C=O) groups excluding carboxylic acids is 2. The second-order valence-corrected chi connectivity index (χ2v) is 7.55. The monoisotopic (exact) mass is 428 g/mol. The maximum Gasteiger partial charge on any atom is 0.344 e. The van der Waals surface area contributed by atoms with Gasteiger partial charge in [0.2, 0.25) is 0 Å². The summed E-state index contributed by atoms with van der Waals surface area (Å²) < 4.78 is 26.7. The van der Waals surface area contributed by atoms with Crippen LogP contribution in [0.3, 0.4) is 0 Å². The first-order chi connectivity index (χ1) is 14.7. The Hall–Kier alpha value is -3.48. The van der Waals surface area contributed by atoms with E-state index >= 15 is 0 Å². The summed E-state index contributed by atoms with van der Waals surface area (Å²) in [5.41, 5.74) is 0.448. The normalized spacial score (nSPS) is 11.2. The van der Waals surface area contributed by atoms with Crippen molar-refractivity contribution in [2.24, 2.45) is 0 Å². The molecular formula is C24H28O7. The molecule has 2 aromatic carbocycles. The summed E-state index contributed by atoms with van der Waals surface area (Å²) in [7, 11) is 4.59. The van der Waals surface area contributed by atoms with Crippen LogP contribution in [0.15, 0.2) is 42.5 Å². The highest BCUT2D eigenvalue weighted by molar-refractivity contribution is 6.07. The summed E-state index contributed by atoms with van der Waals surface area (Å²) in [5, 5.41) is 0. The lowest BCUT2D eigenvalue weighted by molar-refractivity contribution is -0.157. The standard InChI is InChI=1S/C24H28O7/c1-24(2,3)31-22(26)15-30-18-9-7-8-16(12-18)20(25)11-10-17-13-19(27-4)14-21(28-5)23(17)29-6/h7-14H,15H2,1-6H3/b11-10+. The van der Waals surface area contributed by atoms with Gasteiger partial charge in [-0.3, -0.25) is 4.79 Å². The average Bonchev–Trinajstić information content (AvgIpc) is 2.74. The van der Waals surface area contributed by atoms with Crippen LogP contribution in [-0.2, 0) is 9.53 Å². The molecule has 0 radical (unpaired) electrons. The zero-order chi connectivity index (χ0) is 23.0. The van der Waals surface area contributed by atoms with Gasteiger partial charge in [0.15, 0.2) is 23.9 Å². The molecule has 0 unspecified atom stereocenters. The Labute approximate surface area is 182 Å². The fourth-order valence-corrected chi connectivity index (χ4v) is 2.72. The van der Waals surface area contributed by atoms with Gasteiger partial charge in [-0.2, -0.15) is 0 Å². The van der Waals surface area contributed by atoms with Crippen molar-refractivity contribution in [3.63, 3.8) is 0 Å². The molecule has 2 aromatic rings. The van der Waals surface area contributed by atoms with Crippen LogP contribution in [0.25, 0.3) is 6.08 Å². The first-order valence-electron chi connectivity index (χ1n) is 9.64. The molecule has 7 nitrogen and oxygen atoms in total. The molecule has 0 aromatic heterocycles. The topological polar surface area (TPSA) is 80.3 Å². The largest absolute Gasteiger partial charge is 0.497 e. The molecule has 0 amide bonds. The van der Waals surface area contributed by atoms with Gasteiger partial charge in [-0.15, -0.1) is 0 Å². The third-order valence-corrected chi connectivity index (χ3v) is 4.03. The molecule has 0 atom stereocenters. The number of benzene rings is 2. The highest BCUT2D eigenvalue weighted by atomic mass is 16.6. The minimum absolute atomic E-state index is 0.244. The second kappa shape index (κ2) is 10.5. The first kappa shape index (κ1) is 23.8. The van der Waals surface area contributed by atoms with Gasteiger partial charge in [0.05, 0.1) is 21.3 Å². The number of rotatable bonds is 9. The molecule has 0 N–H and O–H groups in total. The van der Waals surface area contributed by atoms with Crippen molar-refractivity contribution in [2.75, 3.05) is 27.9 Å². The van der Waals surface area contributed by atoms with Crippen molar-refractivity contribution in [2.45, 2.75) is 26.4 Å². The van der Waals surface area contributed by atoms with E-state index in [1.54, 1.807) is 70.4 Å². The Bertz CT molecular complexity index is 955. The quantitative estimate of drug-likeness (QED) is 0.334. The fourth-order valence-electron chi connectivity index (χ4n) is 2.72. The van der Waals surface area contributed by atoms with Gasteiger partial charge in [-0.05, 0) is 51.1 Å². The van der Waals surface area contributed by atoms with E-state index in [4.69, 9.17) is 23.7 Å². The zero-order valence-electron chi connectivity index (χ0n) is 18.7. The van der Waals surface area contributed by atoms with Crippen molar-refractivity contribution in [1.82, 2.24) is 0 Å². The van der Waals surface area contributed by atoms with Crippen molar-refractivity contribution < 1.29 is 33.3 Å². The summed E-state index contributed by atoms with van der Waals surface area (Å²) in [6, 6.07) is 10.0. The van der Waals surface area contributed by atoms with Gasteiger partial charge >= 0.3 is 5.97 Å². The number of allylic oxidation sites excluding steroid dienone is 1. The van der Waals surface area contributed by atoms with Gasteiger partial charge in [-0.1, -0.05) is 12.1 Å². The Morgan fingerprint density at radius 1 is 0.935 bits per heavy atom. The number of carbonyl (C=O) groups is 2. The Morgan fingerprint density at radius 2 is 1.68 bits per heavy atom. The zero-order valence-corrected chi connectivity index (χ0v) is 18.7. The van der Waals surface area contributed by atoms with E-state index in [1.807, 2.05) is 0 Å². The molecule has 0 aliphatic carbocycles. The molecule has 0 saturated heterocycles. The van der Waals surface area contributed by atoms with Crippen LogP contribution in [-0.4, -0.2) is 45.3 Å². The Morgan fingerprint density at radius 3 is 2.29 bits per heavy atom. The van der Waals surface area contributed by atoms with Gasteiger partial charge in [-0.25, -0.2) is 4.79 Å². The second-order valence-electron chi connectivity index (χ2n) is 7.55. The molecular weight excluding hydrogens is 400 g/mol. The predicted octanol–water partition coefficient (Wildman–Crippen LogP) is 4.33. The van der Waals surface area contributed by atoms with E-state index in [9.17, 15) is 9.59 Å². The SMILES string of the molecule is COc1cc(/C=C/C(=O)c2cccc(OCC(=O)OC(C)(C)C)c2)c(OC)c(OC)c1. The molecule has 7 heteroatoms. The molecule has 0 fully saturated rings. The predicted molar refractivity (Wildman–Crippen MR) is 117 cm³/mol. The van der Waals surface area contributed by atoms with Crippen LogP contribution in [0.5, 0.6) is 23.0 Å². The molecule has 2 rings (SSSR count). The summed E-state index contributed by atoms with van der Waals surface area (Å²) in [5.74, 6) is 1.22. The fraction of sp³-hybridized carbons (Fsp3) is 0.333. The van der Waals surface area contributed by atoms with Crippen LogP contribution in [0.2, 0.25) is 0 Å². The highest BCUT2D eigenvalue weighted by Crippen LogP contribution is 2.36. The maximum atomic E-state index is 12.7. The lowest BCUT2D eigenvalue weighted by Crippen LogP contribution is -2.27. The van der Waals surface area contributed by atoms with Gasteiger partial charge in [0.25, 0.3) is 0 Å². The molecule has 0 aliphatic heterocycles. The van der Waals surface area contributed by atoms with E-state index in [1.165, 1.54) is 20.3 Å². The summed E-state index contributed by atoms with van der Waals surface area (Å²) in [6.45, 7) is 5.10. The van der Waals surface area contributed by atoms with Crippen molar-refractivity contribution >= 4 is 17.8 Å². The van der Waals surface area contributed by atoms with Crippen molar-refractivity contribution in [1.29, 1.82) is 0 Å². The average molecular weight is 428 g/mol. The summed E-state index contributed by atoms with van der Waals surface area (Å²) >= 11 is 0. The number of esters is 1. The molecule has 0 aliphatic rings. The number of hydrogen-bond acceptors (Lipinski definition) is 7. The van der Waals surface area contributed by atoms with Crippen molar-refractivity contribution in [3.05, 3.63) is 53.6 Å². The van der Waals surface area contributed by atoms with E-state index in [0.717, 1.165) is 0 Å². The molecule has 0 heterocycles. The van der Waals surface area contributed by atoms with Crippen molar-refractivity contribution in [3.8, 4) is 23.0 Å². The van der Waals surface area contributed by atoms with Gasteiger partial charge < -0.3 is 23.7 Å². The molecule has 166 valence electrons. The molecule has 31 heavy (non-hydrogen) atoms. The van der Waals surface area contributed by atoms with Gasteiger partial charge in [0.1, 0.15) is 17.1 Å². The van der Waals surface area contributed by atoms with Crippen LogP contribution < -0.4 is 18.9 Å². The van der Waals surface area contributed by atoms with Crippen LogP contribution in [0.4, 0.5) is 0 Å². The van der Waals surface area contributed by atoms with E-state index in [2.05, 4.69) is 0 Å². The highest BCUT2D eigenvalue weighted by Gasteiger charge is 2.17. The first-order valence-corrected chi connectivity index (χ1v) is 9.64. The lowest BCUT2D eigenvalue weighted by atomic mass is 10.1. The maximum absolute atomic E-state index is 12.7. The number of ether oxygens (including phenoxy) is 5. The molecule has 0 spiro atoms. The van der Waals surface area contributed by atoms with Gasteiger partial charge in [0, 0.05) is 17.2 Å². The molecule has 0 bridgehead atoms. The van der Waals surface area contributed by atoms with Crippen LogP contribution in [0, 0.1) is 0 Å². The summed E-state index contributed by atoms with van der Waals surface area (Å²) in [4.78, 5) is 24.5. The van der Waals surface area contributed by atoms with E-state index < -0.39 is 11.6 Å². The van der Waals surface area contributed by atoms with E-state index in [-0.39, 0.29) is 12.4 Å². The van der Waals surface area contributed by atoms with E-state index in [0.29, 0.717) is 34.1 Å². The number of ketones is 1. The lowest BCUT2D eigenvalue weighted by Gasteiger charge is -2.19. The summed E-state index contributed by atoms with van der Waals surface area (Å²) in [6.07, 6.45) is 3.05. The van der Waals surface area contributed by atoms with Crippen LogP contribution in [0.1, 0.15) is 36.7 Å². The third kappa shape index (κ3) is 7.06. The number of hydrogen-bond donors (Lipinski definition) is 0. The third-order valence-electron chi connectivity index (χ3n) is 4.03. The van der Waals surface area contributed by atoms with Crippen LogP contribution >= 0.6 is 0 Å².